The number of carbonyl (C=O) groups is 1. The highest BCUT2D eigenvalue weighted by Crippen LogP contribution is 2.35. The first-order valence-corrected chi connectivity index (χ1v) is 8.68. The fraction of sp³-hybridized carbons (Fsp3) is 0.238. The van der Waals surface area contributed by atoms with Gasteiger partial charge in [0.1, 0.15) is 11.8 Å². The number of methoxy groups -OCH3 is 1. The van der Waals surface area contributed by atoms with Crippen LogP contribution in [-0.2, 0) is 6.54 Å². The molecule has 0 N–H and O–H groups in total. The van der Waals surface area contributed by atoms with Crippen LogP contribution < -0.4 is 4.74 Å². The Hall–Kier alpha value is -3.26. The van der Waals surface area contributed by atoms with Crippen molar-refractivity contribution in [2.45, 2.75) is 13.5 Å². The number of nitrogens with zero attached hydrogens (tertiary/aromatic N) is 3. The SMILES string of the molecule is CCn1c(-c2ccc(C(=O)N3CC3)cc2)c(C#N)c2cc(OC)ccc21. The van der Waals surface area contributed by atoms with Gasteiger partial charge in [-0.15, -0.1) is 0 Å². The fourth-order valence-electron chi connectivity index (χ4n) is 3.41. The maximum absolute atomic E-state index is 12.2. The molecule has 26 heavy (non-hydrogen) atoms. The standard InChI is InChI=1S/C21H19N3O2/c1-3-24-19-9-8-16(26-2)12-17(19)18(13-22)20(24)14-4-6-15(7-5-14)21(25)23-10-11-23/h4-9,12H,3,10-11H2,1-2H3. The van der Waals surface area contributed by atoms with Crippen LogP contribution in [0.3, 0.4) is 0 Å². The second-order valence-corrected chi connectivity index (χ2v) is 6.33. The molecule has 1 saturated heterocycles. The monoisotopic (exact) mass is 345 g/mol. The molecule has 0 bridgehead atoms. The maximum atomic E-state index is 12.2. The van der Waals surface area contributed by atoms with Crippen LogP contribution >= 0.6 is 0 Å². The van der Waals surface area contributed by atoms with Gasteiger partial charge in [-0.25, -0.2) is 0 Å². The lowest BCUT2D eigenvalue weighted by Crippen LogP contribution is -2.10. The highest BCUT2D eigenvalue weighted by Gasteiger charge is 2.25. The molecule has 130 valence electrons. The van der Waals surface area contributed by atoms with Crippen LogP contribution in [0.5, 0.6) is 5.75 Å². The summed E-state index contributed by atoms with van der Waals surface area (Å²) in [5.41, 5.74) is 4.13. The first-order valence-electron chi connectivity index (χ1n) is 8.68. The van der Waals surface area contributed by atoms with E-state index in [4.69, 9.17) is 4.74 Å². The van der Waals surface area contributed by atoms with Crippen LogP contribution in [0.2, 0.25) is 0 Å². The summed E-state index contributed by atoms with van der Waals surface area (Å²) in [6, 6.07) is 15.7. The van der Waals surface area contributed by atoms with E-state index in [1.165, 1.54) is 0 Å². The lowest BCUT2D eigenvalue weighted by atomic mass is 10.0. The summed E-state index contributed by atoms with van der Waals surface area (Å²) in [4.78, 5) is 14.0. The summed E-state index contributed by atoms with van der Waals surface area (Å²) in [7, 11) is 1.62. The van der Waals surface area contributed by atoms with E-state index in [1.807, 2.05) is 42.5 Å². The average molecular weight is 345 g/mol. The molecule has 2 heterocycles. The number of amides is 1. The minimum atomic E-state index is 0.0674. The van der Waals surface area contributed by atoms with Crippen molar-refractivity contribution in [2.24, 2.45) is 0 Å². The van der Waals surface area contributed by atoms with E-state index < -0.39 is 0 Å². The Kier molecular flexibility index (Phi) is 3.89. The Morgan fingerprint density at radius 2 is 1.92 bits per heavy atom. The van der Waals surface area contributed by atoms with Gasteiger partial charge in [0.25, 0.3) is 5.91 Å². The molecule has 5 nitrogen and oxygen atoms in total. The fourth-order valence-corrected chi connectivity index (χ4v) is 3.41. The Bertz CT molecular complexity index is 1040. The van der Waals surface area contributed by atoms with Gasteiger partial charge in [-0.2, -0.15) is 5.26 Å². The van der Waals surface area contributed by atoms with Crippen LogP contribution in [0.15, 0.2) is 42.5 Å². The quantitative estimate of drug-likeness (QED) is 0.678. The zero-order valence-corrected chi connectivity index (χ0v) is 14.8. The van der Waals surface area contributed by atoms with Crippen molar-refractivity contribution in [2.75, 3.05) is 20.2 Å². The van der Waals surface area contributed by atoms with Gasteiger partial charge in [-0.1, -0.05) is 12.1 Å². The van der Waals surface area contributed by atoms with E-state index in [1.54, 1.807) is 12.0 Å². The largest absolute Gasteiger partial charge is 0.497 e. The molecule has 0 saturated carbocycles. The van der Waals surface area contributed by atoms with Crippen molar-refractivity contribution in [3.63, 3.8) is 0 Å². The second kappa shape index (κ2) is 6.23. The molecule has 1 aliphatic rings. The number of hydrogen-bond donors (Lipinski definition) is 0. The number of aromatic nitrogens is 1. The zero-order valence-electron chi connectivity index (χ0n) is 14.8. The van der Waals surface area contributed by atoms with Gasteiger partial charge in [-0.05, 0) is 42.8 Å². The summed E-state index contributed by atoms with van der Waals surface area (Å²) < 4.78 is 7.45. The average Bonchev–Trinajstić information content (AvgIpc) is 3.48. The molecular formula is C21H19N3O2. The molecule has 1 aliphatic heterocycles. The number of carbonyl (C=O) groups excluding carboxylic acids is 1. The third-order valence-corrected chi connectivity index (χ3v) is 4.84. The third-order valence-electron chi connectivity index (χ3n) is 4.84. The minimum absolute atomic E-state index is 0.0674. The number of rotatable bonds is 4. The van der Waals surface area contributed by atoms with Gasteiger partial charge >= 0.3 is 0 Å². The summed E-state index contributed by atoms with van der Waals surface area (Å²) in [5, 5.41) is 10.7. The molecule has 1 fully saturated rings. The second-order valence-electron chi connectivity index (χ2n) is 6.33. The van der Waals surface area contributed by atoms with Gasteiger partial charge in [0.15, 0.2) is 0 Å². The molecule has 0 aliphatic carbocycles. The molecule has 1 aromatic heterocycles. The normalized spacial score (nSPS) is 12.9. The maximum Gasteiger partial charge on any atom is 0.253 e. The number of benzene rings is 2. The van der Waals surface area contributed by atoms with E-state index in [-0.39, 0.29) is 5.91 Å². The molecule has 2 aromatic carbocycles. The molecule has 4 rings (SSSR count). The molecule has 3 aromatic rings. The number of fused-ring (bicyclic) bond motifs is 1. The first-order chi connectivity index (χ1) is 12.7. The van der Waals surface area contributed by atoms with Crippen molar-refractivity contribution in [3.8, 4) is 23.1 Å². The number of nitriles is 1. The van der Waals surface area contributed by atoms with Gasteiger partial charge in [0.2, 0.25) is 0 Å². The van der Waals surface area contributed by atoms with E-state index in [9.17, 15) is 10.1 Å². The highest BCUT2D eigenvalue weighted by atomic mass is 16.5. The third kappa shape index (κ3) is 2.51. The highest BCUT2D eigenvalue weighted by molar-refractivity contribution is 5.98. The van der Waals surface area contributed by atoms with E-state index in [2.05, 4.69) is 17.6 Å². The predicted molar refractivity (Wildman–Crippen MR) is 100 cm³/mol. The molecule has 0 spiro atoms. The summed E-state index contributed by atoms with van der Waals surface area (Å²) in [6.45, 7) is 4.48. The smallest absolute Gasteiger partial charge is 0.253 e. The number of hydrogen-bond acceptors (Lipinski definition) is 3. The molecule has 0 unspecified atom stereocenters. The first kappa shape index (κ1) is 16.2. The Labute approximate surface area is 152 Å². The molecular weight excluding hydrogens is 326 g/mol. The van der Waals surface area contributed by atoms with Crippen molar-refractivity contribution in [3.05, 3.63) is 53.6 Å². The summed E-state index contributed by atoms with van der Waals surface area (Å²) in [5.74, 6) is 0.797. The summed E-state index contributed by atoms with van der Waals surface area (Å²) in [6.07, 6.45) is 0. The molecule has 5 heteroatoms. The molecule has 0 atom stereocenters. The van der Waals surface area contributed by atoms with Crippen molar-refractivity contribution in [1.29, 1.82) is 5.26 Å². The van der Waals surface area contributed by atoms with Gasteiger partial charge in [0.05, 0.1) is 23.9 Å². The lowest BCUT2D eigenvalue weighted by Gasteiger charge is -2.09. The van der Waals surface area contributed by atoms with Crippen LogP contribution in [-0.4, -0.2) is 35.6 Å². The van der Waals surface area contributed by atoms with Crippen LogP contribution in [0.4, 0.5) is 0 Å². The van der Waals surface area contributed by atoms with Crippen molar-refractivity contribution in [1.82, 2.24) is 9.47 Å². The minimum Gasteiger partial charge on any atom is -0.497 e. The number of aryl methyl sites for hydroxylation is 1. The van der Waals surface area contributed by atoms with Crippen LogP contribution in [0.25, 0.3) is 22.2 Å². The molecule has 0 radical (unpaired) electrons. The van der Waals surface area contributed by atoms with E-state index in [0.717, 1.165) is 47.5 Å². The van der Waals surface area contributed by atoms with Gasteiger partial charge in [0, 0.05) is 30.6 Å². The van der Waals surface area contributed by atoms with E-state index >= 15 is 0 Å². The Morgan fingerprint density at radius 1 is 1.19 bits per heavy atom. The Morgan fingerprint density at radius 3 is 2.50 bits per heavy atom. The summed E-state index contributed by atoms with van der Waals surface area (Å²) >= 11 is 0. The van der Waals surface area contributed by atoms with Crippen molar-refractivity contribution >= 4 is 16.8 Å². The van der Waals surface area contributed by atoms with Gasteiger partial charge < -0.3 is 14.2 Å². The topological polar surface area (TPSA) is 58.0 Å². The van der Waals surface area contributed by atoms with E-state index in [0.29, 0.717) is 11.1 Å². The predicted octanol–water partition coefficient (Wildman–Crippen LogP) is 3.66. The number of ether oxygens (including phenoxy) is 1. The van der Waals surface area contributed by atoms with Crippen LogP contribution in [0, 0.1) is 11.3 Å². The molecule has 1 amide bonds. The van der Waals surface area contributed by atoms with Crippen LogP contribution in [0.1, 0.15) is 22.8 Å². The van der Waals surface area contributed by atoms with Crippen molar-refractivity contribution < 1.29 is 9.53 Å². The van der Waals surface area contributed by atoms with Gasteiger partial charge in [-0.3, -0.25) is 4.79 Å². The Balaban J connectivity index is 1.87. The lowest BCUT2D eigenvalue weighted by molar-refractivity contribution is 0.0885. The zero-order chi connectivity index (χ0) is 18.3.